The fourth-order valence-electron chi connectivity index (χ4n) is 2.17. The second-order valence-electron chi connectivity index (χ2n) is 5.07. The van der Waals surface area contributed by atoms with Crippen LogP contribution >= 0.6 is 0 Å². The molecule has 1 aromatic heterocycles. The van der Waals surface area contributed by atoms with Crippen molar-refractivity contribution in [3.8, 4) is 11.3 Å². The number of nitrogens with one attached hydrogen (secondary N) is 1. The molecule has 3 heteroatoms. The maximum absolute atomic E-state index is 4.77. The smallest absolute Gasteiger partial charge is 0.153 e. The number of hydrogen-bond donors (Lipinski definition) is 1. The molecule has 0 unspecified atom stereocenters. The molecule has 1 N–H and O–H groups in total. The van der Waals surface area contributed by atoms with Gasteiger partial charge in [0.1, 0.15) is 5.69 Å². The van der Waals surface area contributed by atoms with E-state index in [-0.39, 0.29) is 0 Å². The molecule has 0 spiro atoms. The third-order valence-corrected chi connectivity index (χ3v) is 3.04. The number of hydrogen-bond acceptors (Lipinski definition) is 3. The van der Waals surface area contributed by atoms with E-state index in [0.29, 0.717) is 6.04 Å². The predicted molar refractivity (Wildman–Crippen MR) is 83.7 cm³/mol. The predicted octanol–water partition coefficient (Wildman–Crippen LogP) is 4.12. The molecule has 0 amide bonds. The highest BCUT2D eigenvalue weighted by atomic mass is 15.0. The standard InChI is InChI=1S/C17H17N3/c1-12(2)18-17-16(13-8-4-3-5-9-13)19-14-10-6-7-11-15(14)20-17/h3-12H,1-2H3,(H,18,20). The molecule has 0 bridgehead atoms. The Balaban J connectivity index is 2.21. The highest BCUT2D eigenvalue weighted by Gasteiger charge is 2.11. The average Bonchev–Trinajstić information content (AvgIpc) is 2.47. The van der Waals surface area contributed by atoms with Gasteiger partial charge in [0.25, 0.3) is 0 Å². The van der Waals surface area contributed by atoms with Crippen LogP contribution in [0, 0.1) is 0 Å². The molecule has 0 aliphatic rings. The molecule has 2 aromatic carbocycles. The van der Waals surface area contributed by atoms with Gasteiger partial charge in [0.15, 0.2) is 5.82 Å². The SMILES string of the molecule is CC(C)Nc1nc2ccccc2nc1-c1ccccc1. The highest BCUT2D eigenvalue weighted by Crippen LogP contribution is 2.27. The van der Waals surface area contributed by atoms with Crippen LogP contribution in [0.4, 0.5) is 5.82 Å². The Morgan fingerprint density at radius 3 is 2.05 bits per heavy atom. The van der Waals surface area contributed by atoms with Crippen LogP contribution in [0.15, 0.2) is 54.6 Å². The first-order valence-electron chi connectivity index (χ1n) is 6.83. The summed E-state index contributed by atoms with van der Waals surface area (Å²) < 4.78 is 0. The second-order valence-corrected chi connectivity index (χ2v) is 5.07. The first-order valence-corrected chi connectivity index (χ1v) is 6.83. The molecule has 0 aliphatic carbocycles. The van der Waals surface area contributed by atoms with Crippen molar-refractivity contribution in [3.05, 3.63) is 54.6 Å². The molecular formula is C17H17N3. The average molecular weight is 263 g/mol. The Labute approximate surface area is 118 Å². The van der Waals surface area contributed by atoms with Crippen molar-refractivity contribution in [1.29, 1.82) is 0 Å². The van der Waals surface area contributed by atoms with E-state index in [1.807, 2.05) is 42.5 Å². The Morgan fingerprint density at radius 1 is 0.800 bits per heavy atom. The first kappa shape index (κ1) is 12.6. The molecule has 3 nitrogen and oxygen atoms in total. The maximum atomic E-state index is 4.77. The Morgan fingerprint density at radius 2 is 1.40 bits per heavy atom. The second kappa shape index (κ2) is 5.29. The van der Waals surface area contributed by atoms with Gasteiger partial charge in [-0.25, -0.2) is 9.97 Å². The van der Waals surface area contributed by atoms with Crippen LogP contribution in [0.5, 0.6) is 0 Å². The molecule has 0 saturated carbocycles. The van der Waals surface area contributed by atoms with Crippen LogP contribution in [0.2, 0.25) is 0 Å². The number of anilines is 1. The number of fused-ring (bicyclic) bond motifs is 1. The largest absolute Gasteiger partial charge is 0.366 e. The molecule has 0 aliphatic heterocycles. The Hall–Kier alpha value is -2.42. The third-order valence-electron chi connectivity index (χ3n) is 3.04. The molecule has 0 fully saturated rings. The summed E-state index contributed by atoms with van der Waals surface area (Å²) in [5, 5.41) is 3.39. The zero-order chi connectivity index (χ0) is 13.9. The van der Waals surface area contributed by atoms with Gasteiger partial charge in [-0.05, 0) is 26.0 Å². The minimum absolute atomic E-state index is 0.313. The molecule has 20 heavy (non-hydrogen) atoms. The van der Waals surface area contributed by atoms with Crippen molar-refractivity contribution < 1.29 is 0 Å². The zero-order valence-electron chi connectivity index (χ0n) is 11.7. The van der Waals surface area contributed by atoms with Crippen molar-refractivity contribution in [2.45, 2.75) is 19.9 Å². The van der Waals surface area contributed by atoms with Crippen LogP contribution < -0.4 is 5.32 Å². The van der Waals surface area contributed by atoms with E-state index in [4.69, 9.17) is 9.97 Å². The van der Waals surface area contributed by atoms with E-state index in [1.54, 1.807) is 0 Å². The lowest BCUT2D eigenvalue weighted by Crippen LogP contribution is -2.13. The Bertz CT molecular complexity index is 721. The van der Waals surface area contributed by atoms with Crippen molar-refractivity contribution in [2.24, 2.45) is 0 Å². The summed E-state index contributed by atoms with van der Waals surface area (Å²) in [6.45, 7) is 4.21. The van der Waals surface area contributed by atoms with Crippen molar-refractivity contribution in [2.75, 3.05) is 5.32 Å². The molecule has 0 radical (unpaired) electrons. The van der Waals surface area contributed by atoms with Gasteiger partial charge < -0.3 is 5.32 Å². The number of aromatic nitrogens is 2. The van der Waals surface area contributed by atoms with Crippen LogP contribution in [-0.2, 0) is 0 Å². The van der Waals surface area contributed by atoms with Crippen LogP contribution in [0.3, 0.4) is 0 Å². The molecule has 3 aromatic rings. The number of rotatable bonds is 3. The van der Waals surface area contributed by atoms with E-state index in [2.05, 4.69) is 31.3 Å². The summed E-state index contributed by atoms with van der Waals surface area (Å²) in [5.41, 5.74) is 3.81. The molecule has 100 valence electrons. The molecule has 0 atom stereocenters. The first-order chi connectivity index (χ1) is 9.74. The normalized spacial score (nSPS) is 10.9. The summed E-state index contributed by atoms with van der Waals surface area (Å²) in [5.74, 6) is 0.838. The summed E-state index contributed by atoms with van der Waals surface area (Å²) >= 11 is 0. The van der Waals surface area contributed by atoms with E-state index >= 15 is 0 Å². The minimum Gasteiger partial charge on any atom is -0.366 e. The minimum atomic E-state index is 0.313. The summed E-state index contributed by atoms with van der Waals surface area (Å²) in [7, 11) is 0. The number of benzene rings is 2. The monoisotopic (exact) mass is 263 g/mol. The van der Waals surface area contributed by atoms with Crippen molar-refractivity contribution >= 4 is 16.9 Å². The molecular weight excluding hydrogens is 246 g/mol. The lowest BCUT2D eigenvalue weighted by Gasteiger charge is -2.14. The van der Waals surface area contributed by atoms with E-state index in [0.717, 1.165) is 28.1 Å². The van der Waals surface area contributed by atoms with Crippen LogP contribution in [0.1, 0.15) is 13.8 Å². The quantitative estimate of drug-likeness (QED) is 0.772. The van der Waals surface area contributed by atoms with Gasteiger partial charge in [0.2, 0.25) is 0 Å². The fraction of sp³-hybridized carbons (Fsp3) is 0.176. The van der Waals surface area contributed by atoms with Gasteiger partial charge >= 0.3 is 0 Å². The Kier molecular flexibility index (Phi) is 3.33. The molecule has 0 saturated heterocycles. The maximum Gasteiger partial charge on any atom is 0.153 e. The van der Waals surface area contributed by atoms with Crippen molar-refractivity contribution in [3.63, 3.8) is 0 Å². The fourth-order valence-corrected chi connectivity index (χ4v) is 2.17. The van der Waals surface area contributed by atoms with Gasteiger partial charge in [-0.3, -0.25) is 0 Å². The van der Waals surface area contributed by atoms with Gasteiger partial charge in [0.05, 0.1) is 11.0 Å². The molecule has 3 rings (SSSR count). The van der Waals surface area contributed by atoms with Gasteiger partial charge in [0, 0.05) is 11.6 Å². The van der Waals surface area contributed by atoms with E-state index in [1.165, 1.54) is 0 Å². The zero-order valence-corrected chi connectivity index (χ0v) is 11.7. The topological polar surface area (TPSA) is 37.8 Å². The van der Waals surface area contributed by atoms with E-state index in [9.17, 15) is 0 Å². The van der Waals surface area contributed by atoms with E-state index < -0.39 is 0 Å². The van der Waals surface area contributed by atoms with Crippen LogP contribution in [-0.4, -0.2) is 16.0 Å². The number of nitrogens with zero attached hydrogens (tertiary/aromatic N) is 2. The molecule has 1 heterocycles. The highest BCUT2D eigenvalue weighted by molar-refractivity contribution is 5.83. The third kappa shape index (κ3) is 2.48. The van der Waals surface area contributed by atoms with Gasteiger partial charge in [-0.1, -0.05) is 42.5 Å². The lowest BCUT2D eigenvalue weighted by atomic mass is 10.1. The summed E-state index contributed by atoms with van der Waals surface area (Å²) in [4.78, 5) is 9.49. The van der Waals surface area contributed by atoms with Crippen LogP contribution in [0.25, 0.3) is 22.3 Å². The van der Waals surface area contributed by atoms with Gasteiger partial charge in [-0.2, -0.15) is 0 Å². The number of para-hydroxylation sites is 2. The summed E-state index contributed by atoms with van der Waals surface area (Å²) in [6.07, 6.45) is 0. The summed E-state index contributed by atoms with van der Waals surface area (Å²) in [6, 6.07) is 18.4. The van der Waals surface area contributed by atoms with Gasteiger partial charge in [-0.15, -0.1) is 0 Å². The van der Waals surface area contributed by atoms with Crippen molar-refractivity contribution in [1.82, 2.24) is 9.97 Å². The lowest BCUT2D eigenvalue weighted by molar-refractivity contribution is 0.890.